The van der Waals surface area contributed by atoms with Crippen molar-refractivity contribution in [2.24, 2.45) is 29.5 Å². The average Bonchev–Trinajstić information content (AvgIpc) is 2.94. The van der Waals surface area contributed by atoms with Gasteiger partial charge in [0.1, 0.15) is 0 Å². The molecule has 1 aliphatic heterocycles. The highest BCUT2D eigenvalue weighted by Gasteiger charge is 2.57. The Hall–Kier alpha value is -0.120. The molecule has 0 bridgehead atoms. The number of rotatable bonds is 3. The SMILES string of the molecule is NNC(C1CCOC2(CCCCC2)C1)C1C2CCCC21. The van der Waals surface area contributed by atoms with Crippen LogP contribution < -0.4 is 11.3 Å². The van der Waals surface area contributed by atoms with E-state index >= 15 is 0 Å². The molecule has 4 atom stereocenters. The number of ether oxygens (including phenoxy) is 1. The van der Waals surface area contributed by atoms with E-state index in [-0.39, 0.29) is 5.60 Å². The van der Waals surface area contributed by atoms with Crippen LogP contribution in [0.5, 0.6) is 0 Å². The van der Waals surface area contributed by atoms with Gasteiger partial charge in [-0.3, -0.25) is 11.3 Å². The fourth-order valence-corrected chi connectivity index (χ4v) is 5.89. The van der Waals surface area contributed by atoms with E-state index in [0.29, 0.717) is 6.04 Å². The van der Waals surface area contributed by atoms with Crippen LogP contribution in [-0.4, -0.2) is 18.2 Å². The van der Waals surface area contributed by atoms with Gasteiger partial charge < -0.3 is 4.74 Å². The van der Waals surface area contributed by atoms with Crippen molar-refractivity contribution in [2.75, 3.05) is 6.61 Å². The van der Waals surface area contributed by atoms with E-state index in [1.807, 2.05) is 0 Å². The molecule has 3 aliphatic carbocycles. The number of hydrogen-bond acceptors (Lipinski definition) is 3. The summed E-state index contributed by atoms with van der Waals surface area (Å²) in [5.74, 6) is 9.62. The molecule has 1 spiro atoms. The maximum Gasteiger partial charge on any atom is 0.0685 e. The fraction of sp³-hybridized carbons (Fsp3) is 1.00. The van der Waals surface area contributed by atoms with Gasteiger partial charge in [0.15, 0.2) is 0 Å². The highest BCUT2D eigenvalue weighted by Crippen LogP contribution is 2.60. The van der Waals surface area contributed by atoms with Gasteiger partial charge in [0.2, 0.25) is 0 Å². The first-order valence-electron chi connectivity index (χ1n) is 8.93. The molecule has 3 saturated carbocycles. The zero-order chi connectivity index (χ0) is 13.6. The molecule has 3 nitrogen and oxygen atoms in total. The van der Waals surface area contributed by atoms with Gasteiger partial charge in [-0.2, -0.15) is 0 Å². The minimum atomic E-state index is 0.222. The third-order valence-electron chi connectivity index (χ3n) is 6.88. The molecule has 0 amide bonds. The molecule has 3 N–H and O–H groups in total. The first-order chi connectivity index (χ1) is 9.83. The molecule has 4 fully saturated rings. The van der Waals surface area contributed by atoms with E-state index in [4.69, 9.17) is 10.6 Å². The second kappa shape index (κ2) is 5.26. The lowest BCUT2D eigenvalue weighted by Gasteiger charge is -2.45. The third kappa shape index (κ3) is 2.22. The summed E-state index contributed by atoms with van der Waals surface area (Å²) in [5.41, 5.74) is 3.45. The molecule has 1 heterocycles. The van der Waals surface area contributed by atoms with E-state index in [1.165, 1.54) is 64.2 Å². The maximum atomic E-state index is 6.26. The van der Waals surface area contributed by atoms with Crippen LogP contribution in [0.2, 0.25) is 0 Å². The first kappa shape index (κ1) is 13.5. The monoisotopic (exact) mass is 278 g/mol. The predicted molar refractivity (Wildman–Crippen MR) is 79.9 cm³/mol. The van der Waals surface area contributed by atoms with Gasteiger partial charge >= 0.3 is 0 Å². The Labute approximate surface area is 123 Å². The summed E-state index contributed by atoms with van der Waals surface area (Å²) in [6, 6.07) is 0.563. The summed E-state index contributed by atoms with van der Waals surface area (Å²) in [7, 11) is 0. The number of hydrazine groups is 1. The van der Waals surface area contributed by atoms with Crippen molar-refractivity contribution in [1.82, 2.24) is 5.43 Å². The molecule has 4 unspecified atom stereocenters. The molecular weight excluding hydrogens is 248 g/mol. The Kier molecular flexibility index (Phi) is 3.56. The lowest BCUT2D eigenvalue weighted by molar-refractivity contribution is -0.123. The van der Waals surface area contributed by atoms with Gasteiger partial charge in [0.25, 0.3) is 0 Å². The maximum absolute atomic E-state index is 6.26. The Morgan fingerprint density at radius 1 is 1.00 bits per heavy atom. The van der Waals surface area contributed by atoms with E-state index in [0.717, 1.165) is 30.3 Å². The molecule has 0 aromatic rings. The lowest BCUT2D eigenvalue weighted by atomic mass is 9.73. The van der Waals surface area contributed by atoms with E-state index in [9.17, 15) is 0 Å². The molecule has 1 saturated heterocycles. The standard InChI is InChI=1S/C17H30N2O/c18-19-16(15-13-5-4-6-14(13)15)12-7-10-20-17(11-12)8-2-1-3-9-17/h12-16,19H,1-11,18H2. The van der Waals surface area contributed by atoms with Crippen molar-refractivity contribution in [3.05, 3.63) is 0 Å². The van der Waals surface area contributed by atoms with Crippen LogP contribution in [0.15, 0.2) is 0 Å². The van der Waals surface area contributed by atoms with Crippen LogP contribution in [0.4, 0.5) is 0 Å². The lowest BCUT2D eigenvalue weighted by Crippen LogP contribution is -2.50. The number of hydrogen-bond donors (Lipinski definition) is 2. The van der Waals surface area contributed by atoms with Crippen LogP contribution >= 0.6 is 0 Å². The fourth-order valence-electron chi connectivity index (χ4n) is 5.89. The number of nitrogens with two attached hydrogens (primary N) is 1. The van der Waals surface area contributed by atoms with Gasteiger partial charge in [-0.25, -0.2) is 0 Å². The van der Waals surface area contributed by atoms with Crippen molar-refractivity contribution in [3.8, 4) is 0 Å². The second-order valence-corrected chi connectivity index (χ2v) is 7.87. The topological polar surface area (TPSA) is 47.3 Å². The van der Waals surface area contributed by atoms with Gasteiger partial charge in [-0.05, 0) is 62.2 Å². The zero-order valence-electron chi connectivity index (χ0n) is 12.7. The molecular formula is C17H30N2O. The van der Waals surface area contributed by atoms with E-state index in [2.05, 4.69) is 5.43 Å². The highest BCUT2D eigenvalue weighted by molar-refractivity contribution is 5.08. The Morgan fingerprint density at radius 2 is 1.75 bits per heavy atom. The van der Waals surface area contributed by atoms with E-state index in [1.54, 1.807) is 0 Å². The summed E-state index contributed by atoms with van der Waals surface area (Å²) in [5, 5.41) is 0. The molecule has 114 valence electrons. The van der Waals surface area contributed by atoms with Crippen LogP contribution in [0.1, 0.15) is 64.2 Å². The molecule has 0 radical (unpaired) electrons. The Morgan fingerprint density at radius 3 is 2.45 bits per heavy atom. The highest BCUT2D eigenvalue weighted by atomic mass is 16.5. The van der Waals surface area contributed by atoms with E-state index < -0.39 is 0 Å². The van der Waals surface area contributed by atoms with Crippen molar-refractivity contribution in [3.63, 3.8) is 0 Å². The second-order valence-electron chi connectivity index (χ2n) is 7.87. The molecule has 0 aromatic carbocycles. The molecule has 3 heteroatoms. The van der Waals surface area contributed by atoms with Gasteiger partial charge in [0.05, 0.1) is 5.60 Å². The first-order valence-corrected chi connectivity index (χ1v) is 8.93. The quantitative estimate of drug-likeness (QED) is 0.616. The Bertz CT molecular complexity index is 337. The van der Waals surface area contributed by atoms with Gasteiger partial charge in [-0.1, -0.05) is 25.7 Å². The van der Waals surface area contributed by atoms with Crippen molar-refractivity contribution in [1.29, 1.82) is 0 Å². The molecule has 20 heavy (non-hydrogen) atoms. The van der Waals surface area contributed by atoms with Crippen molar-refractivity contribution in [2.45, 2.75) is 75.9 Å². The molecule has 0 aromatic heterocycles. The summed E-state index contributed by atoms with van der Waals surface area (Å²) in [6.07, 6.45) is 13.6. The van der Waals surface area contributed by atoms with Crippen LogP contribution in [0.3, 0.4) is 0 Å². The Balaban J connectivity index is 1.44. The summed E-state index contributed by atoms with van der Waals surface area (Å²) in [4.78, 5) is 0. The molecule has 4 rings (SSSR count). The average molecular weight is 278 g/mol. The summed E-state index contributed by atoms with van der Waals surface area (Å²) >= 11 is 0. The minimum absolute atomic E-state index is 0.222. The summed E-state index contributed by atoms with van der Waals surface area (Å²) < 4.78 is 6.26. The molecule has 4 aliphatic rings. The number of nitrogens with one attached hydrogen (secondary N) is 1. The van der Waals surface area contributed by atoms with Gasteiger partial charge in [-0.15, -0.1) is 0 Å². The van der Waals surface area contributed by atoms with Gasteiger partial charge in [0, 0.05) is 12.6 Å². The smallest absolute Gasteiger partial charge is 0.0685 e. The van der Waals surface area contributed by atoms with Crippen molar-refractivity contribution < 1.29 is 4.74 Å². The summed E-state index contributed by atoms with van der Waals surface area (Å²) in [6.45, 7) is 0.963. The van der Waals surface area contributed by atoms with Crippen molar-refractivity contribution >= 4 is 0 Å². The van der Waals surface area contributed by atoms with Crippen LogP contribution in [0.25, 0.3) is 0 Å². The van der Waals surface area contributed by atoms with Crippen LogP contribution in [-0.2, 0) is 4.74 Å². The van der Waals surface area contributed by atoms with Crippen LogP contribution in [0, 0.1) is 23.7 Å². The zero-order valence-corrected chi connectivity index (χ0v) is 12.7. The normalized spacial score (nSPS) is 44.2. The number of fused-ring (bicyclic) bond motifs is 1. The third-order valence-corrected chi connectivity index (χ3v) is 6.88. The largest absolute Gasteiger partial charge is 0.375 e. The predicted octanol–water partition coefficient (Wildman–Crippen LogP) is 2.99. The minimum Gasteiger partial charge on any atom is -0.375 e.